The summed E-state index contributed by atoms with van der Waals surface area (Å²) in [6, 6.07) is 23.2. The Bertz CT molecular complexity index is 7690. The van der Waals surface area contributed by atoms with Crippen LogP contribution in [0.1, 0.15) is 77.6 Å². The summed E-state index contributed by atoms with van der Waals surface area (Å²) in [6.07, 6.45) is 2.20. The van der Waals surface area contributed by atoms with E-state index in [9.17, 15) is 80.7 Å². The zero-order valence-corrected chi connectivity index (χ0v) is 88.3. The van der Waals surface area contributed by atoms with Gasteiger partial charge in [-0.2, -0.15) is 19.9 Å². The maximum atomic E-state index is 15.1. The molecule has 28 nitrogen and oxygen atoms in total. The van der Waals surface area contributed by atoms with Gasteiger partial charge in [0, 0.05) is 210 Å². The van der Waals surface area contributed by atoms with Crippen LogP contribution in [0.4, 0.5) is 49.6 Å². The van der Waals surface area contributed by atoms with E-state index in [0.717, 1.165) is 77.2 Å². The van der Waals surface area contributed by atoms with E-state index in [4.69, 9.17) is 23.2 Å². The predicted octanol–water partition coefficient (Wildman–Crippen LogP) is 15.9. The van der Waals surface area contributed by atoms with Crippen LogP contribution in [0.25, 0.3) is 88.1 Å². The Morgan fingerprint density at radius 1 is 0.324 bits per heavy atom. The standard InChI is InChI=1S/C27H27ClF2N4O3S.C27H28ClFN4O3S.C27H28F2N4O3S.C27H29FN4O3S/c1-5-22(36)34-14(3)9-32(10-15(34)4)26-18-6-13(2)23(17-7-19(28)21(30)8-20(17)29)25-24(18)33(27(37)31-26)11-16(35)12-38-25;1-5-22(35)33-15(3)10-31(11-16(33)4)26-19-8-14(2)23(17-6-7-21(29)20(28)9-17)25-24(19)32(27(36)30-26)12-18(34)13-37-25;1-5-22(35)33-15(3)10-31(11-16(33)4)26-20-8-14(2)23(19-7-6-17(28)9-21(19)29)25-24(20)32(27(36)30-26)12-18(34)13-37-25;1-5-22(34)32-16(3)11-30(12-17(32)4)26-21-10-15(2)23(18-6-8-19(28)9-7-18)25-24(21)31(27(35)29-26)13-20(33)14-36-25/h5-8,14-16,35H,1,9-12H2,2-4H3;2*5-9,15-16,18,34H,1,10-13H2,2-4H3;5-10,16-17,20,33H,1,11-14H2,2-4H3/t14-,15+,16?;2*15-,16+,18?;16-,17+,20?. The van der Waals surface area contributed by atoms with Gasteiger partial charge in [0.1, 0.15) is 58.2 Å². The SMILES string of the molecule is C=CC(=O)N1[C@H](C)CN(c2nc(=O)n3c4c(c(-c5cc(Cl)c(F)cc5F)c(C)cc24)SCC(O)C3)C[C@@H]1C.C=CC(=O)N1[C@H](C)CN(c2nc(=O)n3c4c(c(-c5ccc(F)c(Cl)c5)c(C)cc24)SCC(O)C3)C[C@@H]1C.C=CC(=O)N1[C@H](C)CN(c2nc(=O)n3c4c(c(-c5ccc(F)cc5)c(C)cc24)SCC(O)C3)C[C@@H]1C.C=CC(=O)N1[C@H](C)CN(c2nc(=O)n3c4c(c(-c5ccc(F)cc5F)c(C)cc24)SCC(O)C3)C[C@@H]1C. The molecule has 40 heteroatoms. The van der Waals surface area contributed by atoms with E-state index < -0.39 is 76.3 Å². The Morgan fingerprint density at radius 3 is 0.885 bits per heavy atom. The average molecular weight is 2140 g/mol. The van der Waals surface area contributed by atoms with Gasteiger partial charge in [-0.05, 0) is 207 Å². The van der Waals surface area contributed by atoms with Crippen LogP contribution in [0.3, 0.4) is 0 Å². The smallest absolute Gasteiger partial charge is 0.350 e. The second-order valence-electron chi connectivity index (χ2n) is 39.1. The first-order chi connectivity index (χ1) is 70.4. The van der Waals surface area contributed by atoms with Crippen molar-refractivity contribution in [3.05, 3.63) is 257 Å². The molecule has 776 valence electrons. The fraction of sp³-hybridized carbons (Fsp3) is 0.370. The van der Waals surface area contributed by atoms with E-state index in [2.05, 4.69) is 56.1 Å². The number of rotatable bonds is 12. The number of amides is 4. The fourth-order valence-electron chi connectivity index (χ4n) is 22.3. The average Bonchev–Trinajstić information content (AvgIpc) is 1.25. The van der Waals surface area contributed by atoms with E-state index in [-0.39, 0.29) is 131 Å². The molecule has 148 heavy (non-hydrogen) atoms. The molecule has 4 aromatic heterocycles. The van der Waals surface area contributed by atoms with E-state index in [0.29, 0.717) is 147 Å². The Morgan fingerprint density at radius 2 is 0.588 bits per heavy atom. The van der Waals surface area contributed by atoms with Gasteiger partial charge < -0.3 is 59.6 Å². The monoisotopic (exact) mass is 2140 g/mol. The third-order valence-electron chi connectivity index (χ3n) is 28.2. The number of nitrogens with zero attached hydrogens (tertiary/aromatic N) is 16. The van der Waals surface area contributed by atoms with Gasteiger partial charge in [-0.25, -0.2) is 45.5 Å². The van der Waals surface area contributed by atoms with Gasteiger partial charge in [0.25, 0.3) is 0 Å². The summed E-state index contributed by atoms with van der Waals surface area (Å²) in [5, 5.41) is 45.2. The molecule has 8 aliphatic heterocycles. The third kappa shape index (κ3) is 20.4. The van der Waals surface area contributed by atoms with Crippen LogP contribution in [-0.2, 0) is 45.4 Å². The largest absolute Gasteiger partial charge is 0.390 e. The fourth-order valence-corrected chi connectivity index (χ4v) is 27.6. The van der Waals surface area contributed by atoms with Gasteiger partial charge in [0.2, 0.25) is 23.6 Å². The molecule has 4 N–H and O–H groups in total. The highest BCUT2D eigenvalue weighted by Crippen LogP contribution is 2.51. The lowest BCUT2D eigenvalue weighted by Gasteiger charge is -2.44. The van der Waals surface area contributed by atoms with Crippen LogP contribution in [0, 0.1) is 62.6 Å². The number of benzene rings is 8. The second-order valence-corrected chi connectivity index (χ2v) is 44.0. The van der Waals surface area contributed by atoms with Crippen LogP contribution in [0.15, 0.2) is 186 Å². The number of aromatic nitrogens is 8. The minimum atomic E-state index is -0.860. The van der Waals surface area contributed by atoms with Crippen molar-refractivity contribution in [3.63, 3.8) is 0 Å². The number of aliphatic hydroxyl groups is 4. The zero-order valence-electron chi connectivity index (χ0n) is 83.5. The summed E-state index contributed by atoms with van der Waals surface area (Å²) in [5.41, 5.74) is 8.73. The molecule has 0 bridgehead atoms. The van der Waals surface area contributed by atoms with E-state index in [1.165, 1.54) is 121 Å². The number of halogens is 8. The maximum Gasteiger partial charge on any atom is 0.350 e. The zero-order chi connectivity index (χ0) is 106. The van der Waals surface area contributed by atoms with Crippen LogP contribution in [-0.4, -0.2) is 250 Å². The Balaban J connectivity index is 0.000000135. The molecule has 8 aliphatic rings. The van der Waals surface area contributed by atoms with Crippen LogP contribution in [0.5, 0.6) is 0 Å². The minimum Gasteiger partial charge on any atom is -0.390 e. The van der Waals surface area contributed by atoms with Gasteiger partial charge >= 0.3 is 22.8 Å². The van der Waals surface area contributed by atoms with Gasteiger partial charge in [0.15, 0.2) is 0 Å². The highest BCUT2D eigenvalue weighted by atomic mass is 35.5. The highest BCUT2D eigenvalue weighted by Gasteiger charge is 2.42. The number of aliphatic hydroxyl groups excluding tert-OH is 4. The molecular formula is C108H112Cl2F6N16O12S4. The van der Waals surface area contributed by atoms with Crippen LogP contribution < -0.4 is 42.4 Å². The van der Waals surface area contributed by atoms with Crippen molar-refractivity contribution in [2.24, 2.45) is 0 Å². The molecule has 0 aliphatic carbocycles. The number of piperazine rings is 4. The molecule has 0 spiro atoms. The van der Waals surface area contributed by atoms with Gasteiger partial charge in [-0.3, -0.25) is 37.4 Å². The van der Waals surface area contributed by atoms with Gasteiger partial charge in [-0.15, -0.1) is 47.0 Å². The lowest BCUT2D eigenvalue weighted by atomic mass is 9.97. The minimum absolute atomic E-state index is 0.0191. The molecule has 12 aromatic rings. The second kappa shape index (κ2) is 43.4. The number of hydrogen-bond acceptors (Lipinski definition) is 24. The summed E-state index contributed by atoms with van der Waals surface area (Å²) in [6.45, 7) is 42.0. The molecule has 4 fully saturated rings. The summed E-state index contributed by atoms with van der Waals surface area (Å²) in [5.74, 6) is -0.833. The van der Waals surface area contributed by atoms with Crippen molar-refractivity contribution in [1.82, 2.24) is 57.8 Å². The molecule has 4 unspecified atom stereocenters. The third-order valence-corrected chi connectivity index (χ3v) is 33.8. The first kappa shape index (κ1) is 107. The Kier molecular flexibility index (Phi) is 31.4. The number of hydrogen-bond donors (Lipinski definition) is 4. The number of carbonyl (C=O) groups is 4. The van der Waals surface area contributed by atoms with Crippen molar-refractivity contribution in [1.29, 1.82) is 0 Å². The van der Waals surface area contributed by atoms with Crippen molar-refractivity contribution in [2.75, 3.05) is 95.0 Å². The molecule has 12 atom stereocenters. The number of anilines is 4. The number of thioether (sulfide) groups is 4. The number of carbonyl (C=O) groups excluding carboxylic acids is 4. The van der Waals surface area contributed by atoms with E-state index >= 15 is 4.39 Å². The first-order valence-corrected chi connectivity index (χ1v) is 53.3. The molecule has 4 amide bonds. The van der Waals surface area contributed by atoms with Crippen molar-refractivity contribution in [3.8, 4) is 44.5 Å². The molecule has 8 aromatic carbocycles. The summed E-state index contributed by atoms with van der Waals surface area (Å²) < 4.78 is 91.4. The first-order valence-electron chi connectivity index (χ1n) is 48.6. The lowest BCUT2D eigenvalue weighted by molar-refractivity contribution is -0.131. The van der Waals surface area contributed by atoms with E-state index in [1.54, 1.807) is 43.5 Å². The van der Waals surface area contributed by atoms with Crippen molar-refractivity contribution >= 4 is 161 Å². The normalized spacial score (nSPS) is 21.7. The van der Waals surface area contributed by atoms with Crippen molar-refractivity contribution < 1.29 is 65.9 Å². The van der Waals surface area contributed by atoms with Crippen LogP contribution >= 0.6 is 70.2 Å². The Labute approximate surface area is 876 Å². The lowest BCUT2D eigenvalue weighted by Crippen LogP contribution is -2.58. The molecule has 0 saturated carbocycles. The summed E-state index contributed by atoms with van der Waals surface area (Å²) in [7, 11) is 0. The van der Waals surface area contributed by atoms with E-state index in [1.807, 2.05) is 122 Å². The quantitative estimate of drug-likeness (QED) is 0.0501. The van der Waals surface area contributed by atoms with Crippen LogP contribution in [0.2, 0.25) is 10.0 Å². The predicted molar refractivity (Wildman–Crippen MR) is 574 cm³/mol. The molecular weight excluding hydrogens is 2030 g/mol. The summed E-state index contributed by atoms with van der Waals surface area (Å²) in [4.78, 5) is 139. The van der Waals surface area contributed by atoms with Gasteiger partial charge in [-0.1, -0.05) is 67.7 Å². The molecule has 0 radical (unpaired) electrons. The van der Waals surface area contributed by atoms with Gasteiger partial charge in [0.05, 0.1) is 82.7 Å². The summed E-state index contributed by atoms with van der Waals surface area (Å²) >= 11 is 17.8. The van der Waals surface area contributed by atoms with Crippen molar-refractivity contribution in [2.45, 2.75) is 202 Å². The number of aryl methyl sites for hydroxylation is 4. The highest BCUT2D eigenvalue weighted by molar-refractivity contribution is 8.00. The maximum absolute atomic E-state index is 15.1. The Hall–Kier alpha value is -12.2. The topological polar surface area (TPSA) is 315 Å². The molecule has 4 saturated heterocycles. The molecule has 12 heterocycles. The molecule has 20 rings (SSSR count).